The van der Waals surface area contributed by atoms with E-state index < -0.39 is 5.97 Å². The quantitative estimate of drug-likeness (QED) is 0.787. The molecule has 7 heteroatoms. The number of anilines is 1. The fourth-order valence-electron chi connectivity index (χ4n) is 4.59. The van der Waals surface area contributed by atoms with Crippen molar-refractivity contribution in [3.05, 3.63) is 47.0 Å². The van der Waals surface area contributed by atoms with Crippen LogP contribution in [0, 0.1) is 6.92 Å². The molecular formula is C22H28N4O3. The van der Waals surface area contributed by atoms with Crippen LogP contribution in [0.3, 0.4) is 0 Å². The molecule has 1 amide bonds. The van der Waals surface area contributed by atoms with Crippen molar-refractivity contribution in [3.8, 4) is 0 Å². The number of methoxy groups -OCH3 is 1. The average Bonchev–Trinajstić information content (AvgIpc) is 3.30. The molecule has 1 aromatic heterocycles. The molecule has 29 heavy (non-hydrogen) atoms. The Hall–Kier alpha value is -2.67. The summed E-state index contributed by atoms with van der Waals surface area (Å²) in [6.45, 7) is 4.20. The first-order valence-corrected chi connectivity index (χ1v) is 10.3. The number of rotatable bonds is 5. The van der Waals surface area contributed by atoms with Crippen molar-refractivity contribution >= 4 is 17.6 Å². The van der Waals surface area contributed by atoms with Crippen molar-refractivity contribution in [1.82, 2.24) is 14.5 Å². The zero-order valence-corrected chi connectivity index (χ0v) is 17.1. The van der Waals surface area contributed by atoms with Crippen LogP contribution >= 0.6 is 0 Å². The molecule has 2 aliphatic rings. The summed E-state index contributed by atoms with van der Waals surface area (Å²) in [5.74, 6) is 0.618. The second kappa shape index (κ2) is 8.37. The lowest BCUT2D eigenvalue weighted by atomic mass is 10.0. The maximum absolute atomic E-state index is 12.5. The fraction of sp³-hybridized carbons (Fsp3) is 0.500. The summed E-state index contributed by atoms with van der Waals surface area (Å²) in [5.41, 5.74) is 3.71. The molecule has 1 aliphatic heterocycles. The van der Waals surface area contributed by atoms with E-state index in [0.717, 1.165) is 38.2 Å². The maximum atomic E-state index is 12.5. The average molecular weight is 396 g/mol. The molecule has 1 saturated heterocycles. The molecule has 0 radical (unpaired) electrons. The van der Waals surface area contributed by atoms with E-state index in [-0.39, 0.29) is 5.91 Å². The van der Waals surface area contributed by atoms with Gasteiger partial charge in [-0.1, -0.05) is 6.07 Å². The molecular weight excluding hydrogens is 368 g/mol. The number of hydrogen-bond donors (Lipinski definition) is 1. The van der Waals surface area contributed by atoms with Gasteiger partial charge in [0.15, 0.2) is 0 Å². The van der Waals surface area contributed by atoms with Crippen LogP contribution in [0.4, 0.5) is 5.69 Å². The van der Waals surface area contributed by atoms with E-state index in [0.29, 0.717) is 23.8 Å². The smallest absolute Gasteiger partial charge is 0.337 e. The molecule has 1 fully saturated rings. The highest BCUT2D eigenvalue weighted by Crippen LogP contribution is 2.30. The lowest BCUT2D eigenvalue weighted by Gasteiger charge is -2.21. The van der Waals surface area contributed by atoms with E-state index in [4.69, 9.17) is 9.72 Å². The van der Waals surface area contributed by atoms with Crippen LogP contribution in [-0.4, -0.2) is 53.1 Å². The van der Waals surface area contributed by atoms with Crippen LogP contribution in [0.25, 0.3) is 0 Å². The third-order valence-electron chi connectivity index (χ3n) is 5.89. The molecule has 7 nitrogen and oxygen atoms in total. The van der Waals surface area contributed by atoms with Gasteiger partial charge in [0, 0.05) is 30.5 Å². The number of carbonyl (C=O) groups is 2. The topological polar surface area (TPSA) is 76.5 Å². The minimum absolute atomic E-state index is 0.0722. The summed E-state index contributed by atoms with van der Waals surface area (Å²) in [4.78, 5) is 31.2. The van der Waals surface area contributed by atoms with Crippen LogP contribution in [0.1, 0.15) is 52.9 Å². The van der Waals surface area contributed by atoms with E-state index >= 15 is 0 Å². The van der Waals surface area contributed by atoms with Crippen LogP contribution < -0.4 is 5.32 Å². The van der Waals surface area contributed by atoms with Crippen molar-refractivity contribution in [3.63, 3.8) is 0 Å². The third kappa shape index (κ3) is 4.19. The molecule has 1 atom stereocenters. The lowest BCUT2D eigenvalue weighted by molar-refractivity contribution is -0.117. The van der Waals surface area contributed by atoms with Crippen LogP contribution in [0.2, 0.25) is 0 Å². The largest absolute Gasteiger partial charge is 0.465 e. The molecule has 1 N–H and O–H groups in total. The van der Waals surface area contributed by atoms with Crippen LogP contribution in [0.5, 0.6) is 0 Å². The predicted octanol–water partition coefficient (Wildman–Crippen LogP) is 2.74. The molecule has 4 rings (SSSR count). The second-order valence-corrected chi connectivity index (χ2v) is 7.93. The highest BCUT2D eigenvalue weighted by Gasteiger charge is 2.29. The highest BCUT2D eigenvalue weighted by atomic mass is 16.5. The van der Waals surface area contributed by atoms with Crippen LogP contribution in [-0.2, 0) is 22.4 Å². The van der Waals surface area contributed by atoms with Gasteiger partial charge in [-0.05, 0) is 57.2 Å². The second-order valence-electron chi connectivity index (χ2n) is 7.93. The summed E-state index contributed by atoms with van der Waals surface area (Å²) < 4.78 is 7.16. The number of imidazole rings is 1. The van der Waals surface area contributed by atoms with Gasteiger partial charge in [-0.2, -0.15) is 0 Å². The maximum Gasteiger partial charge on any atom is 0.337 e. The fourth-order valence-corrected chi connectivity index (χ4v) is 4.59. The third-order valence-corrected chi connectivity index (χ3v) is 5.89. The summed E-state index contributed by atoms with van der Waals surface area (Å²) in [7, 11) is 1.34. The first-order valence-electron chi connectivity index (χ1n) is 10.3. The molecule has 2 heterocycles. The normalized spacial score (nSPS) is 19.0. The Morgan fingerprint density at radius 1 is 1.28 bits per heavy atom. The highest BCUT2D eigenvalue weighted by molar-refractivity contribution is 5.95. The Balaban J connectivity index is 1.37. The minimum Gasteiger partial charge on any atom is -0.465 e. The van der Waals surface area contributed by atoms with Gasteiger partial charge in [0.05, 0.1) is 24.9 Å². The number of amides is 1. The molecule has 1 aliphatic carbocycles. The summed E-state index contributed by atoms with van der Waals surface area (Å²) in [5, 5.41) is 2.89. The zero-order valence-electron chi connectivity index (χ0n) is 17.1. The number of nitrogens with one attached hydrogen (secondary N) is 1. The van der Waals surface area contributed by atoms with Crippen molar-refractivity contribution in [2.24, 2.45) is 0 Å². The summed E-state index contributed by atoms with van der Waals surface area (Å²) in [6.07, 6.45) is 5.71. The summed E-state index contributed by atoms with van der Waals surface area (Å²) >= 11 is 0. The number of benzene rings is 1. The number of ether oxygens (including phenoxy) is 1. The number of aryl methyl sites for hydroxylation is 2. The van der Waals surface area contributed by atoms with E-state index in [1.54, 1.807) is 24.3 Å². The summed E-state index contributed by atoms with van der Waals surface area (Å²) in [6, 6.07) is 7.20. The Morgan fingerprint density at radius 3 is 2.93 bits per heavy atom. The zero-order chi connectivity index (χ0) is 20.4. The number of carbonyl (C=O) groups excluding carboxylic acids is 2. The van der Waals surface area contributed by atoms with Gasteiger partial charge in [-0.25, -0.2) is 9.78 Å². The minimum atomic E-state index is -0.414. The Bertz CT molecular complexity index is 921. The Labute approximate surface area is 171 Å². The number of fused-ring (bicyclic) bond motifs is 1. The van der Waals surface area contributed by atoms with Crippen LogP contribution in [0.15, 0.2) is 24.3 Å². The lowest BCUT2D eigenvalue weighted by Crippen LogP contribution is -2.32. The van der Waals surface area contributed by atoms with E-state index in [2.05, 4.69) is 21.7 Å². The number of hydrogen-bond acceptors (Lipinski definition) is 5. The SMILES string of the molecule is COC(=O)c1cccc(NC(=O)CN2CC[C@@H](n3c(C)nc4c3CCCC4)C2)c1. The number of esters is 1. The number of likely N-dealkylation sites (tertiary alicyclic amines) is 1. The van der Waals surface area contributed by atoms with Crippen molar-refractivity contribution in [1.29, 1.82) is 0 Å². The van der Waals surface area contributed by atoms with Gasteiger partial charge in [0.1, 0.15) is 5.82 Å². The van der Waals surface area contributed by atoms with Gasteiger partial charge < -0.3 is 14.6 Å². The monoisotopic (exact) mass is 396 g/mol. The first-order chi connectivity index (χ1) is 14.0. The molecule has 0 unspecified atom stereocenters. The van der Waals surface area contributed by atoms with Gasteiger partial charge in [0.2, 0.25) is 5.91 Å². The molecule has 0 spiro atoms. The van der Waals surface area contributed by atoms with Crippen molar-refractivity contribution < 1.29 is 14.3 Å². The van der Waals surface area contributed by atoms with Gasteiger partial charge >= 0.3 is 5.97 Å². The Kier molecular flexibility index (Phi) is 5.67. The van der Waals surface area contributed by atoms with Gasteiger partial charge in [0.25, 0.3) is 0 Å². The van der Waals surface area contributed by atoms with E-state index in [9.17, 15) is 9.59 Å². The Morgan fingerprint density at radius 2 is 2.10 bits per heavy atom. The number of nitrogens with zero attached hydrogens (tertiary/aromatic N) is 3. The van der Waals surface area contributed by atoms with E-state index in [1.165, 1.54) is 31.3 Å². The molecule has 0 saturated carbocycles. The standard InChI is InChI=1S/C22H28N4O3/c1-15-23-19-8-3-4-9-20(19)26(15)18-10-11-25(13-18)14-21(27)24-17-7-5-6-16(12-17)22(28)29-2/h5-7,12,18H,3-4,8-11,13-14H2,1-2H3,(H,24,27)/t18-/m1/s1. The first kappa shape index (κ1) is 19.6. The number of aromatic nitrogens is 2. The van der Waals surface area contributed by atoms with Gasteiger partial charge in [-0.15, -0.1) is 0 Å². The predicted molar refractivity (Wildman–Crippen MR) is 110 cm³/mol. The van der Waals surface area contributed by atoms with Crippen molar-refractivity contribution in [2.45, 2.75) is 45.1 Å². The van der Waals surface area contributed by atoms with E-state index in [1.807, 2.05) is 0 Å². The van der Waals surface area contributed by atoms with Crippen molar-refractivity contribution in [2.75, 3.05) is 32.1 Å². The van der Waals surface area contributed by atoms with Gasteiger partial charge in [-0.3, -0.25) is 9.69 Å². The molecule has 1 aromatic carbocycles. The molecule has 0 bridgehead atoms. The molecule has 154 valence electrons. The molecule has 2 aromatic rings.